The molecule has 1 nitrogen and oxygen atoms in total. The first-order chi connectivity index (χ1) is 8.78. The third-order valence-corrected chi connectivity index (χ3v) is 3.08. The van der Waals surface area contributed by atoms with Gasteiger partial charge in [-0.25, -0.2) is 0 Å². The minimum Gasteiger partial charge on any atom is -0.299 e. The molecule has 0 unspecified atom stereocenters. The van der Waals surface area contributed by atoms with E-state index in [4.69, 9.17) is 0 Å². The number of carbonyl (C=O) groups excluding carboxylic acids is 1. The maximum Gasteiger partial charge on any atom is 0.141 e. The van der Waals surface area contributed by atoms with Crippen molar-refractivity contribution >= 4 is 5.78 Å². The summed E-state index contributed by atoms with van der Waals surface area (Å²) >= 11 is 0. The Morgan fingerprint density at radius 3 is 1.83 bits per heavy atom. The predicted molar refractivity (Wildman–Crippen MR) is 74.7 cm³/mol. The Bertz CT molecular complexity index is 497. The summed E-state index contributed by atoms with van der Waals surface area (Å²) in [6.45, 7) is 2.13. The predicted octanol–water partition coefficient (Wildman–Crippen LogP) is 3.60. The van der Waals surface area contributed by atoms with E-state index in [9.17, 15) is 4.79 Å². The second kappa shape index (κ2) is 6.15. The molecular weight excluding hydrogens is 220 g/mol. The lowest BCUT2D eigenvalue weighted by molar-refractivity contribution is -0.117. The van der Waals surface area contributed by atoms with Gasteiger partial charge in [0.1, 0.15) is 5.78 Å². The average molecular weight is 238 g/mol. The van der Waals surface area contributed by atoms with Crippen molar-refractivity contribution in [1.82, 2.24) is 0 Å². The number of hydrogen-bond donors (Lipinski definition) is 0. The summed E-state index contributed by atoms with van der Waals surface area (Å²) in [4.78, 5) is 11.9. The summed E-state index contributed by atoms with van der Waals surface area (Å²) in [5.74, 6) is 0.269. The van der Waals surface area contributed by atoms with Crippen molar-refractivity contribution < 1.29 is 4.79 Å². The number of carbonyl (C=O) groups is 1. The fraction of sp³-hybridized carbons (Fsp3) is 0.235. The van der Waals surface area contributed by atoms with E-state index in [1.54, 1.807) is 0 Å². The lowest BCUT2D eigenvalue weighted by Crippen LogP contribution is -2.06. The van der Waals surface area contributed by atoms with Crippen LogP contribution in [-0.4, -0.2) is 5.78 Å². The Balaban J connectivity index is 1.94. The van der Waals surface area contributed by atoms with Gasteiger partial charge in [-0.2, -0.15) is 0 Å². The van der Waals surface area contributed by atoms with Crippen LogP contribution in [0, 0.1) is 0 Å². The maximum absolute atomic E-state index is 11.9. The molecule has 2 aromatic carbocycles. The Hall–Kier alpha value is -1.89. The van der Waals surface area contributed by atoms with E-state index < -0.39 is 0 Å². The average Bonchev–Trinajstić information content (AvgIpc) is 2.40. The Morgan fingerprint density at radius 2 is 1.28 bits per heavy atom. The van der Waals surface area contributed by atoms with Crippen LogP contribution in [0.2, 0.25) is 0 Å². The zero-order valence-electron chi connectivity index (χ0n) is 10.7. The molecular formula is C17H18O. The van der Waals surface area contributed by atoms with Crippen LogP contribution in [0.1, 0.15) is 23.6 Å². The molecule has 0 aromatic heterocycles. The van der Waals surface area contributed by atoms with Crippen LogP contribution in [0.3, 0.4) is 0 Å². The smallest absolute Gasteiger partial charge is 0.141 e. The molecule has 2 rings (SSSR count). The summed E-state index contributed by atoms with van der Waals surface area (Å²) in [5.41, 5.74) is 3.51. The van der Waals surface area contributed by atoms with E-state index in [1.165, 1.54) is 5.56 Å². The molecule has 0 atom stereocenters. The van der Waals surface area contributed by atoms with Crippen molar-refractivity contribution in [2.75, 3.05) is 0 Å². The third-order valence-electron chi connectivity index (χ3n) is 3.08. The molecule has 0 heterocycles. The summed E-state index contributed by atoms with van der Waals surface area (Å²) in [6.07, 6.45) is 2.09. The SMILES string of the molecule is CCc1ccc(CC(=O)Cc2ccccc2)cc1. The zero-order valence-corrected chi connectivity index (χ0v) is 10.7. The highest BCUT2D eigenvalue weighted by Crippen LogP contribution is 2.08. The second-order valence-electron chi connectivity index (χ2n) is 4.55. The number of ketones is 1. The molecule has 0 bridgehead atoms. The molecule has 0 radical (unpaired) electrons. The quantitative estimate of drug-likeness (QED) is 0.777. The first-order valence-corrected chi connectivity index (χ1v) is 6.41. The van der Waals surface area contributed by atoms with Crippen molar-refractivity contribution in [2.45, 2.75) is 26.2 Å². The van der Waals surface area contributed by atoms with E-state index >= 15 is 0 Å². The lowest BCUT2D eigenvalue weighted by Gasteiger charge is -2.03. The fourth-order valence-electron chi connectivity index (χ4n) is 2.01. The minimum absolute atomic E-state index is 0.269. The van der Waals surface area contributed by atoms with Gasteiger partial charge >= 0.3 is 0 Å². The van der Waals surface area contributed by atoms with Crippen LogP contribution in [-0.2, 0) is 24.1 Å². The Kier molecular flexibility index (Phi) is 4.30. The van der Waals surface area contributed by atoms with Crippen LogP contribution >= 0.6 is 0 Å². The van der Waals surface area contributed by atoms with Gasteiger partial charge in [-0.15, -0.1) is 0 Å². The molecule has 0 amide bonds. The van der Waals surface area contributed by atoms with Gasteiger partial charge in [0.15, 0.2) is 0 Å². The maximum atomic E-state index is 11.9. The van der Waals surface area contributed by atoms with Crippen LogP contribution < -0.4 is 0 Å². The Morgan fingerprint density at radius 1 is 0.778 bits per heavy atom. The molecule has 0 aliphatic rings. The highest BCUT2D eigenvalue weighted by Gasteiger charge is 2.04. The molecule has 0 N–H and O–H groups in total. The highest BCUT2D eigenvalue weighted by molar-refractivity contribution is 5.83. The van der Waals surface area contributed by atoms with Crippen molar-refractivity contribution in [2.24, 2.45) is 0 Å². The molecule has 0 aliphatic heterocycles. The van der Waals surface area contributed by atoms with E-state index in [2.05, 4.69) is 31.2 Å². The van der Waals surface area contributed by atoms with E-state index in [-0.39, 0.29) is 5.78 Å². The zero-order chi connectivity index (χ0) is 12.8. The summed E-state index contributed by atoms with van der Waals surface area (Å²) in [6, 6.07) is 18.2. The van der Waals surface area contributed by atoms with E-state index in [0.29, 0.717) is 12.8 Å². The number of hydrogen-bond acceptors (Lipinski definition) is 1. The molecule has 2 aromatic rings. The van der Waals surface area contributed by atoms with Crippen LogP contribution in [0.25, 0.3) is 0 Å². The number of benzene rings is 2. The first kappa shape index (κ1) is 12.6. The van der Waals surface area contributed by atoms with E-state index in [0.717, 1.165) is 17.5 Å². The monoisotopic (exact) mass is 238 g/mol. The third kappa shape index (κ3) is 3.56. The van der Waals surface area contributed by atoms with Gasteiger partial charge in [-0.3, -0.25) is 4.79 Å². The van der Waals surface area contributed by atoms with Gasteiger partial charge in [0, 0.05) is 12.8 Å². The molecule has 0 saturated carbocycles. The first-order valence-electron chi connectivity index (χ1n) is 6.41. The van der Waals surface area contributed by atoms with Crippen LogP contribution in [0.4, 0.5) is 0 Å². The normalized spacial score (nSPS) is 10.3. The summed E-state index contributed by atoms with van der Waals surface area (Å²) in [7, 11) is 0. The standard InChI is InChI=1S/C17H18O/c1-2-14-8-10-16(11-9-14)13-17(18)12-15-6-4-3-5-7-15/h3-11H,2,12-13H2,1H3. The molecule has 0 aliphatic carbocycles. The van der Waals surface area contributed by atoms with Gasteiger partial charge < -0.3 is 0 Å². The summed E-state index contributed by atoms with van der Waals surface area (Å²) < 4.78 is 0. The van der Waals surface area contributed by atoms with E-state index in [1.807, 2.05) is 30.3 Å². The van der Waals surface area contributed by atoms with Gasteiger partial charge in [0.05, 0.1) is 0 Å². The van der Waals surface area contributed by atoms with Gasteiger partial charge in [0.2, 0.25) is 0 Å². The van der Waals surface area contributed by atoms with Gasteiger partial charge in [-0.05, 0) is 23.1 Å². The van der Waals surface area contributed by atoms with Gasteiger partial charge in [-0.1, -0.05) is 61.5 Å². The number of Topliss-reactive ketones (excluding diaryl/α,β-unsaturated/α-hetero) is 1. The molecule has 1 heteroatoms. The lowest BCUT2D eigenvalue weighted by atomic mass is 10.0. The summed E-state index contributed by atoms with van der Waals surface area (Å²) in [5, 5.41) is 0. The van der Waals surface area contributed by atoms with Crippen molar-refractivity contribution in [3.05, 3.63) is 71.3 Å². The molecule has 0 spiro atoms. The topological polar surface area (TPSA) is 17.1 Å². The van der Waals surface area contributed by atoms with Gasteiger partial charge in [0.25, 0.3) is 0 Å². The minimum atomic E-state index is 0.269. The molecule has 18 heavy (non-hydrogen) atoms. The fourth-order valence-corrected chi connectivity index (χ4v) is 2.01. The molecule has 0 fully saturated rings. The second-order valence-corrected chi connectivity index (χ2v) is 4.55. The molecule has 92 valence electrons. The highest BCUT2D eigenvalue weighted by atomic mass is 16.1. The number of rotatable bonds is 5. The van der Waals surface area contributed by atoms with Crippen LogP contribution in [0.15, 0.2) is 54.6 Å². The van der Waals surface area contributed by atoms with Crippen LogP contribution in [0.5, 0.6) is 0 Å². The van der Waals surface area contributed by atoms with Crippen molar-refractivity contribution in [3.63, 3.8) is 0 Å². The largest absolute Gasteiger partial charge is 0.299 e. The number of aryl methyl sites for hydroxylation is 1. The Labute approximate surface area is 108 Å². The molecule has 0 saturated heterocycles. The van der Waals surface area contributed by atoms with Crippen molar-refractivity contribution in [1.29, 1.82) is 0 Å². The van der Waals surface area contributed by atoms with Crippen molar-refractivity contribution in [3.8, 4) is 0 Å².